The summed E-state index contributed by atoms with van der Waals surface area (Å²) in [7, 11) is 0. The molecule has 3 atom stereocenters. The van der Waals surface area contributed by atoms with Gasteiger partial charge in [0.25, 0.3) is 0 Å². The van der Waals surface area contributed by atoms with Crippen molar-refractivity contribution in [1.82, 2.24) is 29.5 Å². The van der Waals surface area contributed by atoms with Crippen LogP contribution < -0.4 is 5.32 Å². The highest BCUT2D eigenvalue weighted by molar-refractivity contribution is 5.74. The topological polar surface area (TPSA) is 108 Å². The minimum absolute atomic E-state index is 0.311. The van der Waals surface area contributed by atoms with Crippen molar-refractivity contribution in [3.05, 3.63) is 48.2 Å². The monoisotopic (exact) mass is 372 g/mol. The van der Waals surface area contributed by atoms with Gasteiger partial charge >= 0.3 is 0 Å². The summed E-state index contributed by atoms with van der Waals surface area (Å²) in [5.41, 5.74) is 3.20. The molecule has 1 aliphatic carbocycles. The fraction of sp³-hybridized carbons (Fsp3) is 0.350. The average molecular weight is 372 g/mol. The van der Waals surface area contributed by atoms with Gasteiger partial charge in [-0.2, -0.15) is 5.26 Å². The summed E-state index contributed by atoms with van der Waals surface area (Å²) in [5, 5.41) is 21.4. The average Bonchev–Trinajstić information content (AvgIpc) is 3.45. The third-order valence-electron chi connectivity index (χ3n) is 5.76. The van der Waals surface area contributed by atoms with Gasteiger partial charge < -0.3 is 10.3 Å². The Morgan fingerprint density at radius 2 is 2.14 bits per heavy atom. The Labute approximate surface area is 161 Å². The molecule has 0 radical (unpaired) electrons. The van der Waals surface area contributed by atoms with E-state index in [0.717, 1.165) is 47.7 Å². The van der Waals surface area contributed by atoms with E-state index in [9.17, 15) is 0 Å². The fourth-order valence-electron chi connectivity index (χ4n) is 4.40. The summed E-state index contributed by atoms with van der Waals surface area (Å²) in [6.45, 7) is 2.23. The number of nitrogens with zero attached hydrogens (tertiary/aromatic N) is 6. The molecule has 0 aliphatic heterocycles. The first kappa shape index (κ1) is 16.7. The zero-order valence-electron chi connectivity index (χ0n) is 15.5. The number of aromatic amines is 1. The van der Waals surface area contributed by atoms with Gasteiger partial charge in [0, 0.05) is 24.4 Å². The van der Waals surface area contributed by atoms with Crippen molar-refractivity contribution >= 4 is 22.6 Å². The molecule has 140 valence electrons. The fourth-order valence-corrected chi connectivity index (χ4v) is 4.40. The van der Waals surface area contributed by atoms with Crippen molar-refractivity contribution in [2.45, 2.75) is 38.1 Å². The Hall–Kier alpha value is -3.47. The van der Waals surface area contributed by atoms with Crippen molar-refractivity contribution in [1.29, 1.82) is 5.26 Å². The first-order valence-corrected chi connectivity index (χ1v) is 9.56. The highest BCUT2D eigenvalue weighted by Gasteiger charge is 2.37. The van der Waals surface area contributed by atoms with E-state index in [0.29, 0.717) is 23.4 Å². The largest absolute Gasteiger partial charge is 0.367 e. The third-order valence-corrected chi connectivity index (χ3v) is 5.76. The van der Waals surface area contributed by atoms with E-state index in [2.05, 4.69) is 47.9 Å². The number of hydrogen-bond acceptors (Lipinski definition) is 6. The van der Waals surface area contributed by atoms with Crippen LogP contribution in [0, 0.1) is 17.2 Å². The van der Waals surface area contributed by atoms with Gasteiger partial charge in [-0.1, -0.05) is 13.3 Å². The number of fused-ring (bicyclic) bond motifs is 3. The Balaban J connectivity index is 1.46. The normalized spacial score (nSPS) is 21.9. The lowest BCUT2D eigenvalue weighted by atomic mass is 9.93. The van der Waals surface area contributed by atoms with Gasteiger partial charge in [-0.05, 0) is 37.0 Å². The lowest BCUT2D eigenvalue weighted by molar-refractivity contribution is 0.451. The summed E-state index contributed by atoms with van der Waals surface area (Å²) in [6.07, 6.45) is 8.37. The van der Waals surface area contributed by atoms with Gasteiger partial charge in [0.2, 0.25) is 0 Å². The number of aromatic nitrogens is 6. The molecule has 4 aromatic heterocycles. The maximum absolute atomic E-state index is 8.93. The molecule has 4 aromatic rings. The zero-order valence-corrected chi connectivity index (χ0v) is 15.5. The first-order valence-electron chi connectivity index (χ1n) is 9.56. The van der Waals surface area contributed by atoms with Crippen LogP contribution in [-0.4, -0.2) is 35.6 Å². The SMILES string of the molecule is CC[C@@H]1C[C@H](Nc2ccc(C#N)cn2)C[C@H]1c1nnc2cnc3[nH]ccc3n12. The maximum Gasteiger partial charge on any atom is 0.179 e. The standard InChI is InChI=1S/C20H20N8/c1-2-13-7-14(25-17-4-3-12(9-21)10-23-17)8-15(13)20-27-26-18-11-24-19-16(28(18)20)5-6-22-19/h3-6,10-11,13-15,22H,2,7-8H2,1H3,(H,23,25)/t13-,14+,15-/m1/s1. The van der Waals surface area contributed by atoms with Crippen LogP contribution in [0.25, 0.3) is 16.8 Å². The third kappa shape index (κ3) is 2.67. The van der Waals surface area contributed by atoms with Crippen LogP contribution in [0.5, 0.6) is 0 Å². The molecule has 28 heavy (non-hydrogen) atoms. The molecule has 0 amide bonds. The number of rotatable bonds is 4. The second-order valence-electron chi connectivity index (χ2n) is 7.35. The lowest BCUT2D eigenvalue weighted by Gasteiger charge is -2.15. The maximum atomic E-state index is 8.93. The van der Waals surface area contributed by atoms with E-state index >= 15 is 0 Å². The van der Waals surface area contributed by atoms with E-state index in [1.807, 2.05) is 18.3 Å². The van der Waals surface area contributed by atoms with Crippen molar-refractivity contribution in [2.75, 3.05) is 5.32 Å². The second kappa shape index (κ2) is 6.60. The summed E-state index contributed by atoms with van der Waals surface area (Å²) in [6, 6.07) is 8.10. The predicted molar refractivity (Wildman–Crippen MR) is 105 cm³/mol. The van der Waals surface area contributed by atoms with E-state index in [-0.39, 0.29) is 0 Å². The van der Waals surface area contributed by atoms with Gasteiger partial charge in [-0.25, -0.2) is 9.97 Å². The Kier molecular flexibility index (Phi) is 3.93. The Morgan fingerprint density at radius 1 is 1.21 bits per heavy atom. The molecule has 1 fully saturated rings. The van der Waals surface area contributed by atoms with E-state index in [1.165, 1.54) is 0 Å². The summed E-state index contributed by atoms with van der Waals surface area (Å²) in [4.78, 5) is 11.9. The van der Waals surface area contributed by atoms with Crippen LogP contribution in [0.15, 0.2) is 36.8 Å². The van der Waals surface area contributed by atoms with Gasteiger partial charge in [0.05, 0.1) is 17.3 Å². The molecule has 8 heteroatoms. The molecule has 0 bridgehead atoms. The van der Waals surface area contributed by atoms with Crippen LogP contribution in [0.1, 0.15) is 43.5 Å². The number of anilines is 1. The van der Waals surface area contributed by atoms with E-state index < -0.39 is 0 Å². The summed E-state index contributed by atoms with van der Waals surface area (Å²) in [5.74, 6) is 2.65. The molecular formula is C20H20N8. The quantitative estimate of drug-likeness (QED) is 0.569. The Bertz CT molecular complexity index is 1170. The number of pyridine rings is 1. The van der Waals surface area contributed by atoms with Crippen LogP contribution in [0.2, 0.25) is 0 Å². The molecule has 1 aliphatic rings. The molecule has 1 saturated carbocycles. The van der Waals surface area contributed by atoms with Crippen LogP contribution in [0.4, 0.5) is 5.82 Å². The summed E-state index contributed by atoms with van der Waals surface area (Å²) < 4.78 is 2.13. The van der Waals surface area contributed by atoms with Gasteiger partial charge in [0.15, 0.2) is 11.3 Å². The van der Waals surface area contributed by atoms with Crippen molar-refractivity contribution < 1.29 is 0 Å². The van der Waals surface area contributed by atoms with Gasteiger partial charge in [-0.15, -0.1) is 10.2 Å². The summed E-state index contributed by atoms with van der Waals surface area (Å²) >= 11 is 0. The molecule has 5 rings (SSSR count). The molecular weight excluding hydrogens is 352 g/mol. The van der Waals surface area contributed by atoms with Crippen LogP contribution in [0.3, 0.4) is 0 Å². The molecule has 8 nitrogen and oxygen atoms in total. The number of nitrogens with one attached hydrogen (secondary N) is 2. The van der Waals surface area contributed by atoms with Gasteiger partial charge in [0.1, 0.15) is 17.7 Å². The second-order valence-corrected chi connectivity index (χ2v) is 7.35. The molecule has 0 spiro atoms. The molecule has 0 saturated heterocycles. The van der Waals surface area contributed by atoms with Crippen molar-refractivity contribution in [3.8, 4) is 6.07 Å². The minimum atomic E-state index is 0.311. The first-order chi connectivity index (χ1) is 13.8. The van der Waals surface area contributed by atoms with Gasteiger partial charge in [-0.3, -0.25) is 4.40 Å². The number of hydrogen-bond donors (Lipinski definition) is 2. The molecule has 4 heterocycles. The zero-order chi connectivity index (χ0) is 19.1. The van der Waals surface area contributed by atoms with Crippen molar-refractivity contribution in [3.63, 3.8) is 0 Å². The molecule has 0 aromatic carbocycles. The van der Waals surface area contributed by atoms with Crippen LogP contribution >= 0.6 is 0 Å². The smallest absolute Gasteiger partial charge is 0.179 e. The highest BCUT2D eigenvalue weighted by Crippen LogP contribution is 2.42. The van der Waals surface area contributed by atoms with E-state index in [4.69, 9.17) is 5.26 Å². The Morgan fingerprint density at radius 3 is 2.93 bits per heavy atom. The lowest BCUT2D eigenvalue weighted by Crippen LogP contribution is -2.16. The van der Waals surface area contributed by atoms with Crippen molar-refractivity contribution in [2.24, 2.45) is 5.92 Å². The number of H-pyrrole nitrogens is 1. The highest BCUT2D eigenvalue weighted by atomic mass is 15.3. The van der Waals surface area contributed by atoms with Crippen LogP contribution in [-0.2, 0) is 0 Å². The van der Waals surface area contributed by atoms with E-state index in [1.54, 1.807) is 18.5 Å². The molecule has 2 N–H and O–H groups in total. The predicted octanol–water partition coefficient (Wildman–Crippen LogP) is 3.26. The molecule has 0 unspecified atom stereocenters. The minimum Gasteiger partial charge on any atom is -0.367 e. The number of nitriles is 1.